The fourth-order valence-electron chi connectivity index (χ4n) is 1.19. The van der Waals surface area contributed by atoms with E-state index in [2.05, 4.69) is 0 Å². The Balaban J connectivity index is 3.01. The van der Waals surface area contributed by atoms with Gasteiger partial charge in [-0.3, -0.25) is 0 Å². The van der Waals surface area contributed by atoms with Crippen LogP contribution in [-0.4, -0.2) is 23.9 Å². The van der Waals surface area contributed by atoms with E-state index in [1.54, 1.807) is 0 Å². The summed E-state index contributed by atoms with van der Waals surface area (Å²) in [6.45, 7) is 0.247. The van der Waals surface area contributed by atoms with Gasteiger partial charge in [0.15, 0.2) is 5.41 Å². The Hall–Kier alpha value is -0.0700. The van der Waals surface area contributed by atoms with Crippen molar-refractivity contribution in [3.63, 3.8) is 0 Å². The number of halogens is 6. The molecule has 0 radical (unpaired) electrons. The van der Waals surface area contributed by atoms with Crippen LogP contribution in [0.1, 0.15) is 6.92 Å². The Morgan fingerprint density at radius 2 is 1.29 bits per heavy atom. The zero-order chi connectivity index (χ0) is 11.2. The van der Waals surface area contributed by atoms with Crippen LogP contribution in [-0.2, 0) is 0 Å². The zero-order valence-electron chi connectivity index (χ0n) is 7.17. The van der Waals surface area contributed by atoms with Crippen molar-refractivity contribution < 1.29 is 26.3 Å². The maximum absolute atomic E-state index is 12.3. The average Bonchev–Trinajstić information content (AvgIpc) is 1.77. The predicted octanol–water partition coefficient (Wildman–Crippen LogP) is 3.48. The normalized spacial score (nSPS) is 20.8. The van der Waals surface area contributed by atoms with E-state index in [1.807, 2.05) is 0 Å². The number of rotatable bonds is 1. The van der Waals surface area contributed by atoms with Crippen LogP contribution in [0.3, 0.4) is 0 Å². The lowest BCUT2D eigenvalue weighted by atomic mass is 9.77. The summed E-state index contributed by atoms with van der Waals surface area (Å²) < 4.78 is 74.1. The second-order valence-corrected chi connectivity index (χ2v) is 4.51. The first kappa shape index (κ1) is 12.0. The molecule has 1 aliphatic rings. The molecule has 7 heteroatoms. The van der Waals surface area contributed by atoms with E-state index < -0.39 is 23.7 Å². The molecule has 0 nitrogen and oxygen atoms in total. The van der Waals surface area contributed by atoms with E-state index in [0.717, 1.165) is 11.8 Å². The number of thioether (sulfide) groups is 1. The molecule has 0 N–H and O–H groups in total. The van der Waals surface area contributed by atoms with E-state index in [-0.39, 0.29) is 18.4 Å². The molecule has 0 atom stereocenters. The largest absolute Gasteiger partial charge is 0.403 e. The van der Waals surface area contributed by atoms with Gasteiger partial charge in [-0.05, 0) is 24.3 Å². The summed E-state index contributed by atoms with van der Waals surface area (Å²) >= 11 is 1.10. The van der Waals surface area contributed by atoms with E-state index in [1.165, 1.54) is 0 Å². The predicted molar refractivity (Wildman–Crippen MR) is 41.0 cm³/mol. The third-order valence-corrected chi connectivity index (χ3v) is 3.91. The highest BCUT2D eigenvalue weighted by Crippen LogP contribution is 2.58. The Bertz CT molecular complexity index is 199. The molecule has 0 aromatic heterocycles. The molecule has 1 aliphatic heterocycles. The Morgan fingerprint density at radius 3 is 1.36 bits per heavy atom. The molecule has 0 amide bonds. The van der Waals surface area contributed by atoms with Gasteiger partial charge in [-0.2, -0.15) is 38.1 Å². The van der Waals surface area contributed by atoms with Gasteiger partial charge >= 0.3 is 12.4 Å². The minimum atomic E-state index is -5.23. The van der Waals surface area contributed by atoms with Gasteiger partial charge in [0.05, 0.1) is 0 Å². The van der Waals surface area contributed by atoms with E-state index in [9.17, 15) is 26.3 Å². The van der Waals surface area contributed by atoms with Gasteiger partial charge in [-0.25, -0.2) is 0 Å². The van der Waals surface area contributed by atoms with Crippen LogP contribution in [0.2, 0.25) is 0 Å². The van der Waals surface area contributed by atoms with Crippen molar-refractivity contribution in [1.82, 2.24) is 0 Å². The molecule has 0 unspecified atom stereocenters. The van der Waals surface area contributed by atoms with E-state index in [0.29, 0.717) is 0 Å². The first-order valence-corrected chi connectivity index (χ1v) is 4.97. The SMILES string of the molecule is CC(C1CSC1)(C(F)(F)F)C(F)(F)F. The standard InChI is InChI=1S/C7H8F6S/c1-5(6(8,9)10,7(11,12)13)4-2-14-3-4/h4H,2-3H2,1H3. The minimum Gasteiger partial charge on any atom is -0.170 e. The zero-order valence-corrected chi connectivity index (χ0v) is 7.98. The molecular formula is C7H8F6S. The van der Waals surface area contributed by atoms with Crippen LogP contribution in [0.15, 0.2) is 0 Å². The molecule has 0 aliphatic carbocycles. The molecule has 0 spiro atoms. The average molecular weight is 238 g/mol. The fraction of sp³-hybridized carbons (Fsp3) is 1.00. The third kappa shape index (κ3) is 1.59. The van der Waals surface area contributed by atoms with Gasteiger partial charge in [0, 0.05) is 0 Å². The molecule has 14 heavy (non-hydrogen) atoms. The van der Waals surface area contributed by atoms with Crippen molar-refractivity contribution in [3.05, 3.63) is 0 Å². The number of alkyl halides is 6. The van der Waals surface area contributed by atoms with E-state index in [4.69, 9.17) is 0 Å². The third-order valence-electron chi connectivity index (χ3n) is 2.63. The smallest absolute Gasteiger partial charge is 0.170 e. The molecular weight excluding hydrogens is 230 g/mol. The first-order chi connectivity index (χ1) is 6.11. The molecule has 1 rings (SSSR count). The van der Waals surface area contributed by atoms with Crippen LogP contribution in [0, 0.1) is 11.3 Å². The summed E-state index contributed by atoms with van der Waals surface area (Å²) in [6.07, 6.45) is -10.5. The molecule has 0 bridgehead atoms. The molecule has 0 aromatic rings. The fourth-order valence-corrected chi connectivity index (χ4v) is 2.33. The molecule has 1 saturated heterocycles. The van der Waals surface area contributed by atoms with Crippen molar-refractivity contribution in [3.8, 4) is 0 Å². The molecule has 0 saturated carbocycles. The van der Waals surface area contributed by atoms with Gasteiger partial charge in [0.25, 0.3) is 0 Å². The second-order valence-electron chi connectivity index (χ2n) is 3.43. The minimum absolute atomic E-state index is 0.0739. The highest BCUT2D eigenvalue weighted by Gasteiger charge is 2.71. The summed E-state index contributed by atoms with van der Waals surface area (Å²) in [7, 11) is 0. The lowest BCUT2D eigenvalue weighted by molar-refractivity contribution is -0.348. The summed E-state index contributed by atoms with van der Waals surface area (Å²) in [6, 6.07) is 0. The van der Waals surface area contributed by atoms with Crippen LogP contribution in [0.25, 0.3) is 0 Å². The topological polar surface area (TPSA) is 0 Å². The lowest BCUT2D eigenvalue weighted by Gasteiger charge is -2.44. The summed E-state index contributed by atoms with van der Waals surface area (Å²) in [4.78, 5) is 0. The molecule has 1 heterocycles. The van der Waals surface area contributed by atoms with Crippen molar-refractivity contribution in [2.75, 3.05) is 11.5 Å². The monoisotopic (exact) mass is 238 g/mol. The van der Waals surface area contributed by atoms with Crippen LogP contribution >= 0.6 is 11.8 Å². The molecule has 84 valence electrons. The lowest BCUT2D eigenvalue weighted by Crippen LogP contribution is -2.56. The quantitative estimate of drug-likeness (QED) is 0.630. The Morgan fingerprint density at radius 1 is 0.929 bits per heavy atom. The second kappa shape index (κ2) is 3.21. The van der Waals surface area contributed by atoms with Crippen LogP contribution in [0.5, 0.6) is 0 Å². The highest BCUT2D eigenvalue weighted by molar-refractivity contribution is 8.00. The highest BCUT2D eigenvalue weighted by atomic mass is 32.2. The summed E-state index contributed by atoms with van der Waals surface area (Å²) in [5, 5.41) is 0. The first-order valence-electron chi connectivity index (χ1n) is 3.82. The van der Waals surface area contributed by atoms with Crippen molar-refractivity contribution in [1.29, 1.82) is 0 Å². The van der Waals surface area contributed by atoms with Gasteiger partial charge in [-0.1, -0.05) is 0 Å². The van der Waals surface area contributed by atoms with Crippen LogP contribution in [0.4, 0.5) is 26.3 Å². The number of hydrogen-bond donors (Lipinski definition) is 0. The number of hydrogen-bond acceptors (Lipinski definition) is 1. The van der Waals surface area contributed by atoms with Gasteiger partial charge in [-0.15, -0.1) is 0 Å². The van der Waals surface area contributed by atoms with Crippen molar-refractivity contribution >= 4 is 11.8 Å². The van der Waals surface area contributed by atoms with Gasteiger partial charge in [0.2, 0.25) is 0 Å². The van der Waals surface area contributed by atoms with Crippen molar-refractivity contribution in [2.24, 2.45) is 11.3 Å². The van der Waals surface area contributed by atoms with E-state index >= 15 is 0 Å². The maximum Gasteiger partial charge on any atom is 0.403 e. The van der Waals surface area contributed by atoms with Crippen LogP contribution < -0.4 is 0 Å². The Kier molecular flexibility index (Phi) is 2.75. The van der Waals surface area contributed by atoms with Gasteiger partial charge < -0.3 is 0 Å². The maximum atomic E-state index is 12.3. The molecule has 0 aromatic carbocycles. The van der Waals surface area contributed by atoms with Crippen molar-refractivity contribution in [2.45, 2.75) is 19.3 Å². The van der Waals surface area contributed by atoms with Gasteiger partial charge in [0.1, 0.15) is 0 Å². The summed E-state index contributed by atoms with van der Waals surface area (Å²) in [5.41, 5.74) is -3.55. The summed E-state index contributed by atoms with van der Waals surface area (Å²) in [5.74, 6) is -1.49. The Labute approximate surface area is 81.0 Å². The molecule has 1 fully saturated rings.